The molecule has 3 N–H and O–H groups in total. The predicted molar refractivity (Wildman–Crippen MR) is 237 cm³/mol. The van der Waals surface area contributed by atoms with Crippen molar-refractivity contribution >= 4 is 37.2 Å². The van der Waals surface area contributed by atoms with Gasteiger partial charge in [0.25, 0.3) is 5.88 Å². The highest BCUT2D eigenvalue weighted by atomic mass is 28.4. The van der Waals surface area contributed by atoms with Crippen molar-refractivity contribution in [2.75, 3.05) is 33.1 Å². The van der Waals surface area contributed by atoms with E-state index in [9.17, 15) is 9.90 Å². The number of ketones is 2. The number of hydrogen-bond acceptors (Lipinski definition) is 12. The van der Waals surface area contributed by atoms with E-state index in [4.69, 9.17) is 23.2 Å². The van der Waals surface area contributed by atoms with Gasteiger partial charge in [-0.2, -0.15) is 0 Å². The molecule has 2 heterocycles. The zero-order valence-electron chi connectivity index (χ0n) is 36.9. The molecule has 4 aliphatic rings. The predicted octanol–water partition coefficient (Wildman–Crippen LogP) is 8.21. The molecule has 3 aliphatic carbocycles. The van der Waals surface area contributed by atoms with Gasteiger partial charge in [-0.3, -0.25) is 19.3 Å². The maximum atomic E-state index is 16.1. The van der Waals surface area contributed by atoms with Gasteiger partial charge in [-0.05, 0) is 86.7 Å². The summed E-state index contributed by atoms with van der Waals surface area (Å²) in [6.07, 6.45) is 3.13. The Morgan fingerprint density at radius 1 is 0.984 bits per heavy atom. The van der Waals surface area contributed by atoms with Crippen molar-refractivity contribution in [3.8, 4) is 17.4 Å². The van der Waals surface area contributed by atoms with E-state index < -0.39 is 54.4 Å². The second-order valence-electron chi connectivity index (χ2n) is 18.7. The number of rotatable bonds is 12. The molecule has 14 heteroatoms. The highest BCUT2D eigenvalue weighted by Crippen LogP contribution is 2.60. The molecule has 1 aromatic heterocycles. The van der Waals surface area contributed by atoms with Crippen LogP contribution in [-0.4, -0.2) is 80.3 Å². The van der Waals surface area contributed by atoms with Gasteiger partial charge in [0.05, 0.1) is 30.4 Å². The van der Waals surface area contributed by atoms with Crippen LogP contribution in [0.2, 0.25) is 18.1 Å². The zero-order chi connectivity index (χ0) is 44.1. The molecule has 1 saturated heterocycles. The quantitative estimate of drug-likeness (QED) is 0.0927. The van der Waals surface area contributed by atoms with Gasteiger partial charge in [0.1, 0.15) is 30.3 Å². The van der Waals surface area contributed by atoms with Crippen LogP contribution < -0.4 is 24.8 Å². The van der Waals surface area contributed by atoms with Gasteiger partial charge >= 0.3 is 0 Å². The summed E-state index contributed by atoms with van der Waals surface area (Å²) in [4.78, 5) is 47.5. The number of nitrogens with zero attached hydrogens (tertiary/aromatic N) is 2. The van der Waals surface area contributed by atoms with Crippen LogP contribution in [0.1, 0.15) is 90.9 Å². The smallest absolute Gasteiger partial charge is 0.265 e. The summed E-state index contributed by atoms with van der Waals surface area (Å²) in [5, 5.41) is 23.1. The van der Waals surface area contributed by atoms with Gasteiger partial charge in [0.2, 0.25) is 17.5 Å². The summed E-state index contributed by atoms with van der Waals surface area (Å²) >= 11 is 0. The van der Waals surface area contributed by atoms with Crippen molar-refractivity contribution in [1.29, 1.82) is 0 Å². The lowest BCUT2D eigenvalue weighted by Crippen LogP contribution is -2.68. The van der Waals surface area contributed by atoms with E-state index in [1.165, 1.54) is 0 Å². The fourth-order valence-corrected chi connectivity index (χ4v) is 10.9. The highest BCUT2D eigenvalue weighted by Gasteiger charge is 2.69. The van der Waals surface area contributed by atoms with Gasteiger partial charge < -0.3 is 38.9 Å². The molecular formula is C48H58N4O9Si. The van der Waals surface area contributed by atoms with Gasteiger partial charge in [-0.1, -0.05) is 87.9 Å². The molecule has 5 atom stereocenters. The number of carbonyl (C=O) groups is 3. The summed E-state index contributed by atoms with van der Waals surface area (Å²) < 4.78 is 32.2. The van der Waals surface area contributed by atoms with E-state index in [-0.39, 0.29) is 66.1 Å². The molecule has 0 bridgehead atoms. The average molecular weight is 863 g/mol. The van der Waals surface area contributed by atoms with Crippen molar-refractivity contribution in [2.45, 2.75) is 102 Å². The van der Waals surface area contributed by atoms with Gasteiger partial charge in [0.15, 0.2) is 25.4 Å². The van der Waals surface area contributed by atoms with Crippen molar-refractivity contribution in [2.24, 2.45) is 11.8 Å². The maximum Gasteiger partial charge on any atom is 0.265 e. The van der Waals surface area contributed by atoms with Crippen LogP contribution in [0.5, 0.6) is 17.4 Å². The second kappa shape index (κ2) is 16.8. The SMILES string of the molecule is COc1cc(NC(=O)C2CCCCN2)c(OCc2ccccc2)c2c1C[C@H]1C[C@H]3[C@H](N(C)C)c4onc(OCc5ccccc5)c4C(=O)C3(O[Si](C)(C)C(C)(C)C)C(=O)C1=C2O. The number of piperidine rings is 1. The molecule has 1 saturated carbocycles. The largest absolute Gasteiger partial charge is 0.507 e. The molecule has 8 rings (SSSR count). The molecular weight excluding hydrogens is 805 g/mol. The third kappa shape index (κ3) is 7.54. The summed E-state index contributed by atoms with van der Waals surface area (Å²) in [5.41, 5.74) is 0.941. The van der Waals surface area contributed by atoms with Crippen LogP contribution in [0.25, 0.3) is 5.76 Å². The number of Topliss-reactive ketones (excluding diaryl/α,β-unsaturated/α-hetero) is 2. The van der Waals surface area contributed by atoms with Gasteiger partial charge in [0, 0.05) is 23.1 Å². The van der Waals surface area contributed by atoms with Crippen molar-refractivity contribution in [3.05, 3.63) is 106 Å². The number of ether oxygens (including phenoxy) is 3. The summed E-state index contributed by atoms with van der Waals surface area (Å²) in [7, 11) is 2.34. The number of nitrogens with one attached hydrogen (secondary N) is 2. The van der Waals surface area contributed by atoms with E-state index in [0.29, 0.717) is 29.2 Å². The summed E-state index contributed by atoms with van der Waals surface area (Å²) in [5.74, 6) is -2.16. The third-order valence-corrected chi connectivity index (χ3v) is 18.0. The van der Waals surface area contributed by atoms with Gasteiger partial charge in [-0.25, -0.2) is 0 Å². The third-order valence-electron chi connectivity index (χ3n) is 13.6. The lowest BCUT2D eigenvalue weighted by Gasteiger charge is -2.55. The molecule has 2 unspecified atom stereocenters. The number of methoxy groups -OCH3 is 1. The maximum absolute atomic E-state index is 16.1. The molecule has 0 spiro atoms. The number of amides is 1. The number of hydrogen-bond donors (Lipinski definition) is 3. The lowest BCUT2D eigenvalue weighted by molar-refractivity contribution is -0.140. The first-order valence-electron chi connectivity index (χ1n) is 21.6. The molecule has 13 nitrogen and oxygen atoms in total. The Hall–Kier alpha value is -5.28. The summed E-state index contributed by atoms with van der Waals surface area (Å²) in [6.45, 7) is 11.2. The average Bonchev–Trinajstić information content (AvgIpc) is 3.67. The van der Waals surface area contributed by atoms with Crippen LogP contribution in [0.4, 0.5) is 5.69 Å². The van der Waals surface area contributed by atoms with Crippen molar-refractivity contribution in [3.63, 3.8) is 0 Å². The minimum absolute atomic E-state index is 0.0198. The fraction of sp³-hybridized carbons (Fsp3) is 0.458. The summed E-state index contributed by atoms with van der Waals surface area (Å²) in [6, 6.07) is 19.8. The van der Waals surface area contributed by atoms with E-state index in [1.807, 2.05) is 92.8 Å². The first kappa shape index (κ1) is 43.4. The Balaban J connectivity index is 1.31. The Kier molecular flexibility index (Phi) is 11.7. The first-order valence-corrected chi connectivity index (χ1v) is 24.5. The molecule has 0 radical (unpaired) electrons. The molecule has 1 amide bonds. The monoisotopic (exact) mass is 862 g/mol. The molecule has 1 aliphatic heterocycles. The van der Waals surface area contributed by atoms with Crippen LogP contribution in [0.15, 0.2) is 76.8 Å². The molecule has 3 aromatic carbocycles. The van der Waals surface area contributed by atoms with E-state index >= 15 is 9.59 Å². The fourth-order valence-electron chi connectivity index (χ4n) is 9.43. The Morgan fingerprint density at radius 3 is 2.24 bits per heavy atom. The molecule has 328 valence electrons. The molecule has 2 fully saturated rings. The van der Waals surface area contributed by atoms with Crippen LogP contribution in [0.3, 0.4) is 0 Å². The normalized spacial score (nSPS) is 23.6. The minimum Gasteiger partial charge on any atom is -0.507 e. The number of aliphatic hydroxyl groups excluding tert-OH is 1. The van der Waals surface area contributed by atoms with Crippen LogP contribution in [0, 0.1) is 11.8 Å². The number of anilines is 1. The standard InChI is InChI=1S/C48H58N4O9Si/c1-47(2,3)62(7,8)61-48-32(39(52(4)5)42-38(44(48)55)46(51-60-42)59-27-29-19-13-10-14-20-29)24-30-23-31-35(57-6)25-34(50-45(56)33-21-15-16-22-49-33)41(37(31)40(53)36(30)43(48)54)58-26-28-17-11-9-12-18-28/h9-14,17-20,25,30,32-33,39,49,53H,15-16,21-24,26-27H2,1-8H3,(H,50,56)/t30-,32-,33?,39-,48?/m0/s1. The number of fused-ring (bicyclic) bond motifs is 4. The number of benzene rings is 3. The van der Waals surface area contributed by atoms with E-state index in [2.05, 4.69) is 36.6 Å². The minimum atomic E-state index is -2.97. The second-order valence-corrected chi connectivity index (χ2v) is 23.5. The number of aliphatic hydroxyl groups is 1. The topological polar surface area (TPSA) is 162 Å². The zero-order valence-corrected chi connectivity index (χ0v) is 37.9. The van der Waals surface area contributed by atoms with Gasteiger partial charge in [-0.15, -0.1) is 0 Å². The Labute approximate surface area is 364 Å². The van der Waals surface area contributed by atoms with E-state index in [1.54, 1.807) is 13.2 Å². The highest BCUT2D eigenvalue weighted by molar-refractivity contribution is 6.74. The molecule has 62 heavy (non-hydrogen) atoms. The number of carbonyl (C=O) groups excluding carboxylic acids is 3. The van der Waals surface area contributed by atoms with Crippen LogP contribution >= 0.6 is 0 Å². The Bertz CT molecular complexity index is 2380. The molecule has 4 aromatic rings. The lowest BCUT2D eigenvalue weighted by atomic mass is 9.57. The van der Waals surface area contributed by atoms with Crippen molar-refractivity contribution in [1.82, 2.24) is 15.4 Å². The van der Waals surface area contributed by atoms with E-state index in [0.717, 1.165) is 30.5 Å². The van der Waals surface area contributed by atoms with Crippen LogP contribution in [-0.2, 0) is 33.6 Å². The Morgan fingerprint density at radius 2 is 1.65 bits per heavy atom. The van der Waals surface area contributed by atoms with Crippen molar-refractivity contribution < 1.29 is 42.6 Å². The number of aromatic nitrogens is 1. The first-order chi connectivity index (χ1) is 29.6.